The number of rotatable bonds is 13. The van der Waals surface area contributed by atoms with E-state index >= 15 is 0 Å². The summed E-state index contributed by atoms with van der Waals surface area (Å²) in [6.07, 6.45) is 5.23. The zero-order valence-electron chi connectivity index (χ0n) is 26.6. The van der Waals surface area contributed by atoms with E-state index in [0.29, 0.717) is 112 Å². The lowest BCUT2D eigenvalue weighted by atomic mass is 9.98. The monoisotopic (exact) mass is 690 g/mol. The van der Waals surface area contributed by atoms with E-state index in [4.69, 9.17) is 42.6 Å². The Bertz CT molecular complexity index is 1690. The lowest BCUT2D eigenvalue weighted by Crippen LogP contribution is -2.35. The standard InChI is InChI=1S/C34H36Cl2N8O4/c1-47-33-27(15-37-12-19-11-30(46)41-13-19)39-17-25(43-33)23-7-3-5-21(31(23)35)22-6-4-8-24(32(22)36)26-18-40-28(34(44-26)48-2)16-38-14-20-9-10-29(45)42-20/h3-8,17-20,37-38H,9-16H2,1-2H3,(H,41,46)(H,42,45)/t19?,20-/m1/s1. The maximum atomic E-state index is 11.5. The van der Waals surface area contributed by atoms with E-state index in [-0.39, 0.29) is 23.8 Å². The van der Waals surface area contributed by atoms with Crippen molar-refractivity contribution < 1.29 is 19.1 Å². The summed E-state index contributed by atoms with van der Waals surface area (Å²) in [7, 11) is 3.11. The summed E-state index contributed by atoms with van der Waals surface area (Å²) >= 11 is 14.1. The Balaban J connectivity index is 1.20. The maximum Gasteiger partial charge on any atom is 0.237 e. The van der Waals surface area contributed by atoms with Crippen molar-refractivity contribution in [3.05, 3.63) is 70.2 Å². The maximum absolute atomic E-state index is 11.5. The highest BCUT2D eigenvalue weighted by Gasteiger charge is 2.23. The second-order valence-electron chi connectivity index (χ2n) is 11.7. The highest BCUT2D eigenvalue weighted by molar-refractivity contribution is 6.39. The fraction of sp³-hybridized carbons (Fsp3) is 0.353. The molecule has 1 unspecified atom stereocenters. The summed E-state index contributed by atoms with van der Waals surface area (Å²) in [6, 6.07) is 11.4. The van der Waals surface area contributed by atoms with E-state index in [1.165, 1.54) is 0 Å². The molecular weight excluding hydrogens is 655 g/mol. The van der Waals surface area contributed by atoms with Gasteiger partial charge in [0.05, 0.1) is 48.0 Å². The van der Waals surface area contributed by atoms with Crippen LogP contribution >= 0.6 is 23.2 Å². The molecule has 0 saturated carbocycles. The Morgan fingerprint density at radius 3 is 1.81 bits per heavy atom. The van der Waals surface area contributed by atoms with Gasteiger partial charge in [0.2, 0.25) is 23.6 Å². The molecule has 2 fully saturated rings. The molecule has 48 heavy (non-hydrogen) atoms. The predicted octanol–water partition coefficient (Wildman–Crippen LogP) is 4.19. The molecule has 2 atom stereocenters. The molecule has 4 N–H and O–H groups in total. The SMILES string of the molecule is COc1nc(-c2cccc(-c3cccc(-c4cnc(CNC[C@H]5CCC(=O)N5)c(OC)n4)c3Cl)c2Cl)cnc1CNCC1CNC(=O)C1. The third-order valence-electron chi connectivity index (χ3n) is 8.40. The van der Waals surface area contributed by atoms with E-state index in [2.05, 4.69) is 31.2 Å². The van der Waals surface area contributed by atoms with Crippen LogP contribution in [0.3, 0.4) is 0 Å². The predicted molar refractivity (Wildman–Crippen MR) is 183 cm³/mol. The molecule has 0 aliphatic carbocycles. The quantitative estimate of drug-likeness (QED) is 0.161. The highest BCUT2D eigenvalue weighted by atomic mass is 35.5. The summed E-state index contributed by atoms with van der Waals surface area (Å²) in [5, 5.41) is 13.4. The number of amides is 2. The lowest BCUT2D eigenvalue weighted by Gasteiger charge is -2.15. The van der Waals surface area contributed by atoms with Crippen LogP contribution in [0.4, 0.5) is 0 Å². The van der Waals surface area contributed by atoms with Crippen molar-refractivity contribution >= 4 is 35.0 Å². The molecule has 14 heteroatoms. The zero-order chi connectivity index (χ0) is 33.6. The number of nitrogens with one attached hydrogen (secondary N) is 4. The molecule has 250 valence electrons. The molecule has 6 rings (SSSR count). The molecule has 2 aliphatic heterocycles. The molecule has 0 radical (unpaired) electrons. The molecule has 0 spiro atoms. The number of aromatic nitrogens is 4. The van der Waals surface area contributed by atoms with Gasteiger partial charge in [-0.1, -0.05) is 59.6 Å². The Labute approximate surface area is 288 Å². The van der Waals surface area contributed by atoms with Crippen molar-refractivity contribution in [3.63, 3.8) is 0 Å². The number of ether oxygens (including phenoxy) is 2. The van der Waals surface area contributed by atoms with Gasteiger partial charge >= 0.3 is 0 Å². The molecule has 4 aromatic rings. The second kappa shape index (κ2) is 15.2. The number of hydrogen-bond donors (Lipinski definition) is 4. The molecule has 2 aliphatic rings. The van der Waals surface area contributed by atoms with Crippen LogP contribution in [0.5, 0.6) is 11.8 Å². The average Bonchev–Trinajstić information content (AvgIpc) is 3.72. The third-order valence-corrected chi connectivity index (χ3v) is 9.22. The van der Waals surface area contributed by atoms with Crippen LogP contribution < -0.4 is 30.7 Å². The van der Waals surface area contributed by atoms with E-state index < -0.39 is 0 Å². The summed E-state index contributed by atoms with van der Waals surface area (Å²) < 4.78 is 11.1. The van der Waals surface area contributed by atoms with Gasteiger partial charge in [-0.25, -0.2) is 9.97 Å². The topological polar surface area (TPSA) is 152 Å². The number of hydrogen-bond acceptors (Lipinski definition) is 10. The Morgan fingerprint density at radius 2 is 1.33 bits per heavy atom. The largest absolute Gasteiger partial charge is 0.480 e. The van der Waals surface area contributed by atoms with Gasteiger partial charge in [-0.15, -0.1) is 0 Å². The number of halogens is 2. The average molecular weight is 692 g/mol. The van der Waals surface area contributed by atoms with Crippen molar-refractivity contribution in [2.45, 2.75) is 38.4 Å². The van der Waals surface area contributed by atoms with E-state index in [9.17, 15) is 9.59 Å². The van der Waals surface area contributed by atoms with Gasteiger partial charge in [-0.3, -0.25) is 19.6 Å². The Kier molecular flexibility index (Phi) is 10.7. The van der Waals surface area contributed by atoms with Crippen molar-refractivity contribution in [2.24, 2.45) is 5.92 Å². The minimum absolute atomic E-state index is 0.0799. The first-order valence-electron chi connectivity index (χ1n) is 15.7. The van der Waals surface area contributed by atoms with Crippen molar-refractivity contribution in [3.8, 4) is 45.4 Å². The molecule has 2 aromatic heterocycles. The van der Waals surface area contributed by atoms with Crippen LogP contribution in [0.25, 0.3) is 33.6 Å². The summed E-state index contributed by atoms with van der Waals surface area (Å²) in [5.74, 6) is 1.18. The van der Waals surface area contributed by atoms with Crippen LogP contribution in [-0.2, 0) is 22.7 Å². The van der Waals surface area contributed by atoms with E-state index in [0.717, 1.165) is 6.42 Å². The molecule has 0 bridgehead atoms. The van der Waals surface area contributed by atoms with E-state index in [1.807, 2.05) is 36.4 Å². The normalized spacial score (nSPS) is 17.3. The minimum Gasteiger partial charge on any atom is -0.480 e. The summed E-state index contributed by atoms with van der Waals surface area (Å²) in [5.41, 5.74) is 5.18. The molecule has 2 amide bonds. The third kappa shape index (κ3) is 7.52. The van der Waals surface area contributed by atoms with Crippen LogP contribution in [0.1, 0.15) is 30.7 Å². The van der Waals surface area contributed by atoms with Gasteiger partial charge in [0.1, 0.15) is 11.4 Å². The van der Waals surface area contributed by atoms with Gasteiger partial charge in [0.15, 0.2) is 0 Å². The Hall–Kier alpha value is -4.36. The van der Waals surface area contributed by atoms with Gasteiger partial charge in [0.25, 0.3) is 0 Å². The number of nitrogens with zero attached hydrogens (tertiary/aromatic N) is 4. The summed E-state index contributed by atoms with van der Waals surface area (Å²) in [6.45, 7) is 2.87. The number of carbonyl (C=O) groups excluding carboxylic acids is 2. The van der Waals surface area contributed by atoms with Crippen molar-refractivity contribution in [1.29, 1.82) is 0 Å². The molecule has 4 heterocycles. The van der Waals surface area contributed by atoms with Crippen molar-refractivity contribution in [1.82, 2.24) is 41.2 Å². The van der Waals surface area contributed by atoms with Gasteiger partial charge in [-0.2, -0.15) is 0 Å². The number of benzene rings is 2. The van der Waals surface area contributed by atoms with Crippen LogP contribution in [0.15, 0.2) is 48.8 Å². The van der Waals surface area contributed by atoms with Gasteiger partial charge in [0, 0.05) is 73.9 Å². The first kappa shape index (κ1) is 33.5. The fourth-order valence-electron chi connectivity index (χ4n) is 5.90. The zero-order valence-corrected chi connectivity index (χ0v) is 28.1. The van der Waals surface area contributed by atoms with Crippen molar-refractivity contribution in [2.75, 3.05) is 33.9 Å². The highest BCUT2D eigenvalue weighted by Crippen LogP contribution is 2.42. The van der Waals surface area contributed by atoms with Gasteiger partial charge < -0.3 is 30.7 Å². The smallest absolute Gasteiger partial charge is 0.237 e. The molecule has 2 saturated heterocycles. The lowest BCUT2D eigenvalue weighted by molar-refractivity contribution is -0.120. The van der Waals surface area contributed by atoms with E-state index in [1.54, 1.807) is 26.6 Å². The van der Waals surface area contributed by atoms with Crippen LogP contribution in [-0.4, -0.2) is 71.6 Å². The fourth-order valence-corrected chi connectivity index (χ4v) is 6.55. The second-order valence-corrected chi connectivity index (χ2v) is 12.5. The number of methoxy groups -OCH3 is 2. The molecular formula is C34H36Cl2N8O4. The summed E-state index contributed by atoms with van der Waals surface area (Å²) in [4.78, 5) is 41.6. The van der Waals surface area contributed by atoms with Crippen LogP contribution in [0, 0.1) is 5.92 Å². The minimum atomic E-state index is 0.0799. The number of carbonyl (C=O) groups is 2. The molecule has 12 nitrogen and oxygen atoms in total. The Morgan fingerprint density at radius 1 is 0.792 bits per heavy atom. The first-order valence-corrected chi connectivity index (χ1v) is 16.5. The first-order chi connectivity index (χ1) is 23.3. The van der Waals surface area contributed by atoms with Crippen LogP contribution in [0.2, 0.25) is 10.0 Å². The molecule has 2 aromatic carbocycles. The van der Waals surface area contributed by atoms with Gasteiger partial charge in [-0.05, 0) is 12.3 Å².